The zero-order chi connectivity index (χ0) is 21.1. The number of rotatable bonds is 4. The first-order chi connectivity index (χ1) is 14.5. The Morgan fingerprint density at radius 1 is 1.07 bits per heavy atom. The average Bonchev–Trinajstić information content (AvgIpc) is 3.14. The molecule has 0 bridgehead atoms. The second-order valence-electron chi connectivity index (χ2n) is 7.59. The minimum atomic E-state index is -0.505. The number of hydrogen-bond donors (Lipinski definition) is 1. The van der Waals surface area contributed by atoms with E-state index in [2.05, 4.69) is 11.4 Å². The van der Waals surface area contributed by atoms with Crippen LogP contribution in [-0.4, -0.2) is 18.1 Å². The Bertz CT molecular complexity index is 1060. The van der Waals surface area contributed by atoms with Crippen LogP contribution in [0, 0.1) is 0 Å². The van der Waals surface area contributed by atoms with E-state index in [0.717, 1.165) is 40.9 Å². The molecule has 0 saturated carbocycles. The topological polar surface area (TPSA) is 58.6 Å². The molecule has 0 unspecified atom stereocenters. The van der Waals surface area contributed by atoms with Crippen molar-refractivity contribution < 1.29 is 14.3 Å². The van der Waals surface area contributed by atoms with Gasteiger partial charge in [0.25, 0.3) is 0 Å². The van der Waals surface area contributed by atoms with Gasteiger partial charge in [-0.2, -0.15) is 11.3 Å². The number of carbonyl (C=O) groups is 2. The number of carbonyl (C=O) groups excluding carboxylic acids is 2. The van der Waals surface area contributed by atoms with Gasteiger partial charge in [-0.15, -0.1) is 0 Å². The first-order valence-electron chi connectivity index (χ1n) is 10.0. The number of ether oxygens (including phenoxy) is 1. The molecule has 5 nitrogen and oxygen atoms in total. The number of hydrogen-bond acceptors (Lipinski definition) is 4. The van der Waals surface area contributed by atoms with Crippen molar-refractivity contribution >= 4 is 40.4 Å². The van der Waals surface area contributed by atoms with Crippen LogP contribution in [0.5, 0.6) is 0 Å². The van der Waals surface area contributed by atoms with Crippen LogP contribution in [0.2, 0.25) is 0 Å². The van der Waals surface area contributed by atoms with Crippen molar-refractivity contribution in [3.8, 4) is 0 Å². The summed E-state index contributed by atoms with van der Waals surface area (Å²) in [6.07, 6.45) is 1.29. The van der Waals surface area contributed by atoms with Crippen molar-refractivity contribution in [2.45, 2.75) is 39.2 Å². The summed E-state index contributed by atoms with van der Waals surface area (Å²) in [7, 11) is 0. The first kappa shape index (κ1) is 20.2. The third-order valence-electron chi connectivity index (χ3n) is 5.00. The minimum absolute atomic E-state index is 0.00547. The standard InChI is InChI=1S/C24H24N2O3S/c1-16(2)29-24(28)25-20-10-9-19-8-7-18-5-3-4-6-21(18)26(22(19)14-20)23(27)13-17-11-12-30-15-17/h3-6,9-12,14-16H,7-8,13H2,1-2H3,(H,25,28). The summed E-state index contributed by atoms with van der Waals surface area (Å²) in [6.45, 7) is 3.61. The molecule has 2 amide bonds. The maximum absolute atomic E-state index is 13.4. The Morgan fingerprint density at radius 2 is 1.83 bits per heavy atom. The third kappa shape index (κ3) is 4.39. The van der Waals surface area contributed by atoms with Crippen molar-refractivity contribution in [1.29, 1.82) is 0 Å². The predicted octanol–water partition coefficient (Wildman–Crippen LogP) is 5.71. The second kappa shape index (κ2) is 8.71. The summed E-state index contributed by atoms with van der Waals surface area (Å²) in [6, 6.07) is 15.7. The lowest BCUT2D eigenvalue weighted by Gasteiger charge is -2.25. The van der Waals surface area contributed by atoms with Crippen molar-refractivity contribution in [1.82, 2.24) is 0 Å². The molecule has 0 aliphatic carbocycles. The largest absolute Gasteiger partial charge is 0.447 e. The van der Waals surface area contributed by atoms with Gasteiger partial charge in [-0.3, -0.25) is 15.0 Å². The van der Waals surface area contributed by atoms with Gasteiger partial charge in [0, 0.05) is 5.69 Å². The van der Waals surface area contributed by atoms with Crippen LogP contribution < -0.4 is 10.2 Å². The summed E-state index contributed by atoms with van der Waals surface area (Å²) in [5, 5.41) is 6.76. The van der Waals surface area contributed by atoms with Gasteiger partial charge in [0.05, 0.1) is 23.9 Å². The molecule has 30 heavy (non-hydrogen) atoms. The van der Waals surface area contributed by atoms with Crippen LogP contribution in [0.4, 0.5) is 21.9 Å². The highest BCUT2D eigenvalue weighted by molar-refractivity contribution is 7.08. The van der Waals surface area contributed by atoms with E-state index in [1.54, 1.807) is 30.1 Å². The molecule has 1 aliphatic heterocycles. The number of fused-ring (bicyclic) bond motifs is 2. The quantitative estimate of drug-likeness (QED) is 0.588. The summed E-state index contributed by atoms with van der Waals surface area (Å²) in [5.41, 5.74) is 5.53. The number of nitrogens with one attached hydrogen (secondary N) is 1. The maximum atomic E-state index is 13.4. The number of anilines is 3. The van der Waals surface area contributed by atoms with Gasteiger partial charge in [-0.25, -0.2) is 4.79 Å². The number of nitrogens with zero attached hydrogens (tertiary/aromatic N) is 1. The van der Waals surface area contributed by atoms with Crippen molar-refractivity contribution in [2.75, 3.05) is 10.2 Å². The van der Waals surface area contributed by atoms with E-state index in [9.17, 15) is 9.59 Å². The zero-order valence-electron chi connectivity index (χ0n) is 17.1. The minimum Gasteiger partial charge on any atom is -0.447 e. The Hall–Kier alpha value is -3.12. The normalized spacial score (nSPS) is 12.7. The Morgan fingerprint density at radius 3 is 2.57 bits per heavy atom. The second-order valence-corrected chi connectivity index (χ2v) is 8.37. The van der Waals surface area contributed by atoms with Crippen molar-refractivity contribution in [2.24, 2.45) is 0 Å². The number of benzene rings is 2. The fraction of sp³-hybridized carbons (Fsp3) is 0.250. The lowest BCUT2D eigenvalue weighted by atomic mass is 10.0. The van der Waals surface area contributed by atoms with E-state index in [1.165, 1.54) is 0 Å². The van der Waals surface area contributed by atoms with Gasteiger partial charge in [0.2, 0.25) is 5.91 Å². The van der Waals surface area contributed by atoms with Crippen LogP contribution in [0.15, 0.2) is 59.3 Å². The molecule has 0 radical (unpaired) electrons. The van der Waals surface area contributed by atoms with Crippen LogP contribution in [0.1, 0.15) is 30.5 Å². The third-order valence-corrected chi connectivity index (χ3v) is 5.73. The maximum Gasteiger partial charge on any atom is 0.411 e. The highest BCUT2D eigenvalue weighted by Gasteiger charge is 2.26. The predicted molar refractivity (Wildman–Crippen MR) is 121 cm³/mol. The van der Waals surface area contributed by atoms with Crippen molar-refractivity contribution in [3.05, 3.63) is 76.0 Å². The summed E-state index contributed by atoms with van der Waals surface area (Å²) < 4.78 is 5.19. The molecule has 1 aromatic heterocycles. The lowest BCUT2D eigenvalue weighted by Crippen LogP contribution is -2.28. The van der Waals surface area contributed by atoms with E-state index in [-0.39, 0.29) is 12.0 Å². The lowest BCUT2D eigenvalue weighted by molar-refractivity contribution is -0.117. The van der Waals surface area contributed by atoms with E-state index < -0.39 is 6.09 Å². The van der Waals surface area contributed by atoms with Crippen LogP contribution >= 0.6 is 11.3 Å². The highest BCUT2D eigenvalue weighted by atomic mass is 32.1. The molecule has 2 aromatic carbocycles. The average molecular weight is 421 g/mol. The molecule has 2 heterocycles. The smallest absolute Gasteiger partial charge is 0.411 e. The molecule has 3 aromatic rings. The molecular weight excluding hydrogens is 396 g/mol. The van der Waals surface area contributed by atoms with Gasteiger partial charge in [0.15, 0.2) is 0 Å². The molecule has 0 fully saturated rings. The van der Waals surface area contributed by atoms with Crippen molar-refractivity contribution in [3.63, 3.8) is 0 Å². The Balaban J connectivity index is 1.73. The Kier molecular flexibility index (Phi) is 5.86. The SMILES string of the molecule is CC(C)OC(=O)Nc1ccc2c(c1)N(C(=O)Cc1ccsc1)c1ccccc1CC2. The van der Waals surface area contributed by atoms with Gasteiger partial charge in [-0.1, -0.05) is 24.3 Å². The number of thiophene rings is 1. The van der Waals surface area contributed by atoms with Gasteiger partial charge in [-0.05, 0) is 78.4 Å². The fourth-order valence-corrected chi connectivity index (χ4v) is 4.35. The summed E-state index contributed by atoms with van der Waals surface area (Å²) >= 11 is 1.59. The van der Waals surface area contributed by atoms with Crippen LogP contribution in [0.3, 0.4) is 0 Å². The molecular formula is C24H24N2O3S. The molecule has 6 heteroatoms. The zero-order valence-corrected chi connectivity index (χ0v) is 17.9. The Labute approximate surface area is 180 Å². The summed E-state index contributed by atoms with van der Waals surface area (Å²) in [5.74, 6) is 0.00547. The molecule has 1 aliphatic rings. The number of para-hydroxylation sites is 1. The summed E-state index contributed by atoms with van der Waals surface area (Å²) in [4.78, 5) is 27.3. The molecule has 0 atom stereocenters. The fourth-order valence-electron chi connectivity index (χ4n) is 3.68. The van der Waals surface area contributed by atoms with Crippen LogP contribution in [-0.2, 0) is 28.8 Å². The number of aryl methyl sites for hydroxylation is 2. The molecule has 1 N–H and O–H groups in total. The molecule has 4 rings (SSSR count). The van der Waals surface area contributed by atoms with E-state index in [4.69, 9.17) is 4.74 Å². The van der Waals surface area contributed by atoms with E-state index in [1.807, 2.05) is 53.2 Å². The van der Waals surface area contributed by atoms with E-state index >= 15 is 0 Å². The molecule has 154 valence electrons. The first-order valence-corrected chi connectivity index (χ1v) is 11.0. The molecule has 0 saturated heterocycles. The van der Waals surface area contributed by atoms with Gasteiger partial charge in [0.1, 0.15) is 0 Å². The number of amides is 2. The van der Waals surface area contributed by atoms with Crippen LogP contribution in [0.25, 0.3) is 0 Å². The molecule has 0 spiro atoms. The van der Waals surface area contributed by atoms with E-state index in [0.29, 0.717) is 12.1 Å². The van der Waals surface area contributed by atoms with Gasteiger partial charge >= 0.3 is 6.09 Å². The highest BCUT2D eigenvalue weighted by Crippen LogP contribution is 2.38. The monoisotopic (exact) mass is 420 g/mol. The van der Waals surface area contributed by atoms with Gasteiger partial charge < -0.3 is 4.74 Å².